The number of carbonyl (C=O) groups excluding carboxylic acids is 2. The van der Waals surface area contributed by atoms with Crippen molar-refractivity contribution in [2.24, 2.45) is 10.9 Å². The van der Waals surface area contributed by atoms with E-state index in [1.807, 2.05) is 79.7 Å². The number of hydrogen-bond donors (Lipinski definition) is 0. The minimum absolute atomic E-state index is 0.0571. The molecule has 1 saturated carbocycles. The van der Waals surface area contributed by atoms with E-state index in [0.29, 0.717) is 25.0 Å². The van der Waals surface area contributed by atoms with Gasteiger partial charge in [-0.05, 0) is 73.8 Å². The Hall–Kier alpha value is -3.99. The molecule has 5 heteroatoms. The molecule has 0 aromatic heterocycles. The van der Waals surface area contributed by atoms with Crippen LogP contribution in [0.3, 0.4) is 0 Å². The lowest BCUT2D eigenvalue weighted by atomic mass is 9.69. The molecular formula is C36H37NO4. The van der Waals surface area contributed by atoms with Crippen LogP contribution in [0.1, 0.15) is 80.4 Å². The predicted octanol–water partition coefficient (Wildman–Crippen LogP) is 7.72. The van der Waals surface area contributed by atoms with Crippen LogP contribution in [-0.4, -0.2) is 23.6 Å². The summed E-state index contributed by atoms with van der Waals surface area (Å²) in [6.45, 7) is 2.39. The largest absolute Gasteiger partial charge is 0.489 e. The number of benzene rings is 3. The number of nitrogens with zero attached hydrogens (tertiary/aromatic N) is 1. The van der Waals surface area contributed by atoms with Crippen molar-refractivity contribution in [3.8, 4) is 5.75 Å². The van der Waals surface area contributed by atoms with E-state index in [1.165, 1.54) is 6.42 Å². The number of rotatable bonds is 7. The number of Topliss-reactive ketones (excluding diaryl/α,β-unsaturated/α-hetero) is 1. The second-order valence-electron chi connectivity index (χ2n) is 11.5. The number of esters is 1. The topological polar surface area (TPSA) is 65.0 Å². The Morgan fingerprint density at radius 3 is 2.22 bits per heavy atom. The normalized spacial score (nSPS) is 23.0. The van der Waals surface area contributed by atoms with Gasteiger partial charge in [0, 0.05) is 29.3 Å². The highest BCUT2D eigenvalue weighted by Gasteiger charge is 2.45. The van der Waals surface area contributed by atoms with Crippen LogP contribution in [0.5, 0.6) is 5.75 Å². The third-order valence-corrected chi connectivity index (χ3v) is 8.74. The van der Waals surface area contributed by atoms with Crippen LogP contribution in [0.4, 0.5) is 0 Å². The molecule has 41 heavy (non-hydrogen) atoms. The Bertz CT molecular complexity index is 1440. The van der Waals surface area contributed by atoms with Gasteiger partial charge in [0.15, 0.2) is 5.78 Å². The summed E-state index contributed by atoms with van der Waals surface area (Å²) in [6.07, 6.45) is 6.19. The minimum Gasteiger partial charge on any atom is -0.489 e. The number of carbonyl (C=O) groups is 2. The zero-order chi connectivity index (χ0) is 28.2. The molecule has 5 nitrogen and oxygen atoms in total. The maximum absolute atomic E-state index is 13.9. The summed E-state index contributed by atoms with van der Waals surface area (Å²) in [6, 6.07) is 28.1. The second-order valence-corrected chi connectivity index (χ2v) is 11.5. The highest BCUT2D eigenvalue weighted by Crippen LogP contribution is 2.47. The quantitative estimate of drug-likeness (QED) is 0.284. The third kappa shape index (κ3) is 6.04. The monoisotopic (exact) mass is 547 g/mol. The highest BCUT2D eigenvalue weighted by atomic mass is 16.5. The molecule has 3 aliphatic rings. The van der Waals surface area contributed by atoms with Crippen molar-refractivity contribution in [2.45, 2.75) is 76.4 Å². The first-order valence-electron chi connectivity index (χ1n) is 14.9. The van der Waals surface area contributed by atoms with Crippen molar-refractivity contribution in [3.63, 3.8) is 0 Å². The molecule has 3 aromatic rings. The van der Waals surface area contributed by atoms with Crippen molar-refractivity contribution in [1.29, 1.82) is 0 Å². The van der Waals surface area contributed by atoms with Gasteiger partial charge in [-0.2, -0.15) is 0 Å². The fraction of sp³-hybridized carbons (Fsp3) is 0.361. The summed E-state index contributed by atoms with van der Waals surface area (Å²) in [5, 5.41) is 0. The van der Waals surface area contributed by atoms with Crippen LogP contribution < -0.4 is 4.74 Å². The molecule has 210 valence electrons. The smallest absolute Gasteiger partial charge is 0.315 e. The second kappa shape index (κ2) is 12.3. The molecule has 0 spiro atoms. The third-order valence-electron chi connectivity index (χ3n) is 8.74. The Morgan fingerprint density at radius 1 is 0.829 bits per heavy atom. The van der Waals surface area contributed by atoms with Crippen LogP contribution in [0.15, 0.2) is 101 Å². The molecule has 1 unspecified atom stereocenters. The fourth-order valence-corrected chi connectivity index (χ4v) is 6.62. The Balaban J connectivity index is 1.31. The molecule has 1 fully saturated rings. The number of allylic oxidation sites excluding steroid dienone is 2. The van der Waals surface area contributed by atoms with Crippen LogP contribution in [0.2, 0.25) is 0 Å². The highest BCUT2D eigenvalue weighted by molar-refractivity contribution is 6.09. The lowest BCUT2D eigenvalue weighted by Gasteiger charge is -2.37. The molecule has 0 radical (unpaired) electrons. The van der Waals surface area contributed by atoms with E-state index in [2.05, 4.69) is 12.1 Å². The first-order chi connectivity index (χ1) is 20.1. The fourth-order valence-electron chi connectivity index (χ4n) is 6.62. The lowest BCUT2D eigenvalue weighted by molar-refractivity contribution is -0.153. The van der Waals surface area contributed by atoms with Gasteiger partial charge in [-0.15, -0.1) is 0 Å². The molecule has 0 bridgehead atoms. The van der Waals surface area contributed by atoms with E-state index >= 15 is 0 Å². The van der Waals surface area contributed by atoms with Crippen molar-refractivity contribution in [1.82, 2.24) is 0 Å². The van der Waals surface area contributed by atoms with Gasteiger partial charge in [0.1, 0.15) is 24.4 Å². The Labute approximate surface area is 242 Å². The summed E-state index contributed by atoms with van der Waals surface area (Å²) in [5.74, 6) is -0.416. The summed E-state index contributed by atoms with van der Waals surface area (Å²) in [5.41, 5.74) is 5.36. The van der Waals surface area contributed by atoms with Gasteiger partial charge in [0.05, 0.1) is 0 Å². The molecular weight excluding hydrogens is 510 g/mol. The van der Waals surface area contributed by atoms with E-state index in [0.717, 1.165) is 59.5 Å². The van der Waals surface area contributed by atoms with Crippen molar-refractivity contribution < 1.29 is 19.1 Å². The first-order valence-corrected chi connectivity index (χ1v) is 14.9. The molecule has 3 aromatic carbocycles. The maximum Gasteiger partial charge on any atom is 0.315 e. The average Bonchev–Trinajstić information content (AvgIpc) is 3.01. The SMILES string of the molecule is CC1=NC2=C(C(=O)C[C@@H](c3ccccc3)C2)[C@@H](c2ccc(OCc3ccccc3)cc2)C1C(=O)OC1CCCCC1. The molecule has 0 saturated heterocycles. The van der Waals surface area contributed by atoms with Crippen LogP contribution in [0.25, 0.3) is 0 Å². The van der Waals surface area contributed by atoms with Gasteiger partial charge in [0.2, 0.25) is 0 Å². The van der Waals surface area contributed by atoms with Gasteiger partial charge >= 0.3 is 5.97 Å². The van der Waals surface area contributed by atoms with Crippen molar-refractivity contribution >= 4 is 17.5 Å². The van der Waals surface area contributed by atoms with Gasteiger partial charge in [-0.3, -0.25) is 14.6 Å². The van der Waals surface area contributed by atoms with Gasteiger partial charge in [-0.1, -0.05) is 79.2 Å². The van der Waals surface area contributed by atoms with E-state index in [-0.39, 0.29) is 23.8 Å². The zero-order valence-corrected chi connectivity index (χ0v) is 23.6. The van der Waals surface area contributed by atoms with E-state index < -0.39 is 11.8 Å². The molecule has 0 amide bonds. The van der Waals surface area contributed by atoms with Gasteiger partial charge in [-0.25, -0.2) is 0 Å². The van der Waals surface area contributed by atoms with Crippen LogP contribution >= 0.6 is 0 Å². The number of ether oxygens (including phenoxy) is 2. The Morgan fingerprint density at radius 2 is 1.51 bits per heavy atom. The molecule has 6 rings (SSSR count). The summed E-state index contributed by atoms with van der Waals surface area (Å²) >= 11 is 0. The standard InChI is InChI=1S/C36H37NO4/c1-24-33(36(39)41-30-15-9-4-10-16-30)34(27-17-19-29(20-18-27)40-23-25-11-5-2-6-12-25)35-31(37-24)21-28(22-32(35)38)26-13-7-3-8-14-26/h2-3,5-8,11-14,17-20,28,30,33-34H,4,9-10,15-16,21-23H2,1H3/t28-,33?,34-/m0/s1. The van der Waals surface area contributed by atoms with E-state index in [4.69, 9.17) is 14.5 Å². The molecule has 3 atom stereocenters. The molecule has 2 aliphatic carbocycles. The minimum atomic E-state index is -0.621. The maximum atomic E-state index is 13.9. The lowest BCUT2D eigenvalue weighted by Crippen LogP contribution is -2.39. The van der Waals surface area contributed by atoms with Crippen molar-refractivity contribution in [3.05, 3.63) is 113 Å². The summed E-state index contributed by atoms with van der Waals surface area (Å²) in [7, 11) is 0. The van der Waals surface area contributed by atoms with Crippen LogP contribution in [0, 0.1) is 5.92 Å². The van der Waals surface area contributed by atoms with Gasteiger partial charge < -0.3 is 9.47 Å². The number of hydrogen-bond acceptors (Lipinski definition) is 5. The Kier molecular flexibility index (Phi) is 8.13. The molecule has 0 N–H and O–H groups in total. The van der Waals surface area contributed by atoms with E-state index in [1.54, 1.807) is 0 Å². The number of aliphatic imine (C=N–C) groups is 1. The van der Waals surface area contributed by atoms with Gasteiger partial charge in [0.25, 0.3) is 0 Å². The van der Waals surface area contributed by atoms with Crippen molar-refractivity contribution in [2.75, 3.05) is 0 Å². The predicted molar refractivity (Wildman–Crippen MR) is 160 cm³/mol. The molecule has 1 aliphatic heterocycles. The van der Waals surface area contributed by atoms with Crippen LogP contribution in [-0.2, 0) is 20.9 Å². The first kappa shape index (κ1) is 27.2. The summed E-state index contributed by atoms with van der Waals surface area (Å²) < 4.78 is 12.1. The van der Waals surface area contributed by atoms with E-state index in [9.17, 15) is 9.59 Å². The number of ketones is 1. The zero-order valence-electron chi connectivity index (χ0n) is 23.6. The summed E-state index contributed by atoms with van der Waals surface area (Å²) in [4.78, 5) is 32.6. The average molecular weight is 548 g/mol. The molecule has 1 heterocycles.